The van der Waals surface area contributed by atoms with Gasteiger partial charge in [-0.05, 0) is 39.2 Å². The summed E-state index contributed by atoms with van der Waals surface area (Å²) in [6.45, 7) is 7.74. The maximum atomic E-state index is 3.45. The highest BCUT2D eigenvalue weighted by molar-refractivity contribution is 5.08. The molecule has 0 aromatic carbocycles. The summed E-state index contributed by atoms with van der Waals surface area (Å²) < 4.78 is 0. The number of hydrogen-bond donors (Lipinski definition) is 1. The van der Waals surface area contributed by atoms with Crippen LogP contribution >= 0.6 is 0 Å². The normalized spacial score (nSPS) is 22.2. The number of rotatable bonds is 4. The summed E-state index contributed by atoms with van der Waals surface area (Å²) in [5, 5.41) is 3.45. The molecule has 13 heavy (non-hydrogen) atoms. The monoisotopic (exact) mass is 181 g/mol. The van der Waals surface area contributed by atoms with Gasteiger partial charge in [-0.3, -0.25) is 0 Å². The number of nitrogens with one attached hydrogen (secondary N) is 1. The minimum Gasteiger partial charge on any atom is -0.311 e. The van der Waals surface area contributed by atoms with E-state index in [1.54, 1.807) is 0 Å². The predicted molar refractivity (Wildman–Crippen MR) is 58.9 cm³/mol. The van der Waals surface area contributed by atoms with Crippen LogP contribution in [-0.2, 0) is 0 Å². The Labute approximate surface area is 82.6 Å². The first-order chi connectivity index (χ1) is 6.24. The van der Waals surface area contributed by atoms with Crippen molar-refractivity contribution in [2.45, 2.75) is 52.5 Å². The van der Waals surface area contributed by atoms with Crippen molar-refractivity contribution in [3.8, 4) is 0 Å². The molecule has 1 unspecified atom stereocenters. The molecule has 0 radical (unpaired) electrons. The molecule has 1 heteroatoms. The van der Waals surface area contributed by atoms with Gasteiger partial charge in [-0.25, -0.2) is 0 Å². The van der Waals surface area contributed by atoms with Crippen molar-refractivity contribution in [3.63, 3.8) is 0 Å². The molecule has 1 fully saturated rings. The molecule has 1 atom stereocenters. The minimum absolute atomic E-state index is 0.561. The molecule has 1 nitrogen and oxygen atoms in total. The fraction of sp³-hybridized carbons (Fsp3) is 0.833. The van der Waals surface area contributed by atoms with Crippen molar-refractivity contribution in [3.05, 3.63) is 11.6 Å². The molecule has 0 heterocycles. The fourth-order valence-electron chi connectivity index (χ4n) is 2.11. The third-order valence-electron chi connectivity index (χ3n) is 3.09. The average molecular weight is 181 g/mol. The van der Waals surface area contributed by atoms with Crippen LogP contribution in [0.4, 0.5) is 0 Å². The van der Waals surface area contributed by atoms with E-state index in [4.69, 9.17) is 0 Å². The second kappa shape index (κ2) is 5.43. The highest BCUT2D eigenvalue weighted by Crippen LogP contribution is 2.27. The lowest BCUT2D eigenvalue weighted by Gasteiger charge is -2.14. The van der Waals surface area contributed by atoms with Crippen LogP contribution in [0.1, 0.15) is 46.5 Å². The number of likely N-dealkylation sites (N-methyl/N-ethyl adjacent to an activating group) is 1. The highest BCUT2D eigenvalue weighted by atomic mass is 14.9. The summed E-state index contributed by atoms with van der Waals surface area (Å²) >= 11 is 0. The van der Waals surface area contributed by atoms with Crippen LogP contribution in [0.25, 0.3) is 0 Å². The van der Waals surface area contributed by atoms with Crippen LogP contribution in [-0.4, -0.2) is 12.6 Å². The first-order valence-corrected chi connectivity index (χ1v) is 5.65. The van der Waals surface area contributed by atoms with E-state index in [0.29, 0.717) is 6.04 Å². The Kier molecular flexibility index (Phi) is 4.51. The minimum atomic E-state index is 0.561. The van der Waals surface area contributed by atoms with E-state index in [9.17, 15) is 0 Å². The predicted octanol–water partition coefficient (Wildman–Crippen LogP) is 3.12. The van der Waals surface area contributed by atoms with Crippen LogP contribution < -0.4 is 5.32 Å². The summed E-state index contributed by atoms with van der Waals surface area (Å²) in [4.78, 5) is 0. The molecular weight excluding hydrogens is 158 g/mol. The third kappa shape index (κ3) is 3.51. The van der Waals surface area contributed by atoms with Crippen LogP contribution in [0.5, 0.6) is 0 Å². The van der Waals surface area contributed by atoms with E-state index >= 15 is 0 Å². The van der Waals surface area contributed by atoms with E-state index in [-0.39, 0.29) is 0 Å². The molecular formula is C12H23N. The van der Waals surface area contributed by atoms with Crippen molar-refractivity contribution in [1.29, 1.82) is 0 Å². The van der Waals surface area contributed by atoms with E-state index < -0.39 is 0 Å². The lowest BCUT2D eigenvalue weighted by Crippen LogP contribution is -2.26. The molecule has 1 N–H and O–H groups in total. The quantitative estimate of drug-likeness (QED) is 0.657. The molecule has 76 valence electrons. The zero-order valence-corrected chi connectivity index (χ0v) is 9.27. The van der Waals surface area contributed by atoms with Gasteiger partial charge in [-0.1, -0.05) is 31.4 Å². The smallest absolute Gasteiger partial charge is 0.0248 e. The van der Waals surface area contributed by atoms with Gasteiger partial charge in [0.25, 0.3) is 0 Å². The topological polar surface area (TPSA) is 12.0 Å². The molecule has 0 bridgehead atoms. The Morgan fingerprint density at radius 1 is 1.46 bits per heavy atom. The summed E-state index contributed by atoms with van der Waals surface area (Å²) in [7, 11) is 0. The van der Waals surface area contributed by atoms with Gasteiger partial charge in [0.1, 0.15) is 0 Å². The zero-order chi connectivity index (χ0) is 9.68. The summed E-state index contributed by atoms with van der Waals surface area (Å²) in [5.41, 5.74) is 1.52. The number of allylic oxidation sites excluding steroid dienone is 1. The van der Waals surface area contributed by atoms with E-state index in [2.05, 4.69) is 32.2 Å². The molecule has 1 aliphatic carbocycles. The second-order valence-corrected chi connectivity index (χ2v) is 4.23. The van der Waals surface area contributed by atoms with Gasteiger partial charge >= 0.3 is 0 Å². The molecule has 0 spiro atoms. The molecule has 0 saturated heterocycles. The Bertz CT molecular complexity index is 166. The summed E-state index contributed by atoms with van der Waals surface area (Å²) in [5.74, 6) is 0.876. The number of hydrogen-bond acceptors (Lipinski definition) is 1. The first-order valence-electron chi connectivity index (χ1n) is 5.65. The van der Waals surface area contributed by atoms with Crippen LogP contribution in [0.3, 0.4) is 0 Å². The zero-order valence-electron chi connectivity index (χ0n) is 9.27. The van der Waals surface area contributed by atoms with Gasteiger partial charge in [-0.15, -0.1) is 0 Å². The fourth-order valence-corrected chi connectivity index (χ4v) is 2.11. The van der Waals surface area contributed by atoms with Gasteiger partial charge in [0.05, 0.1) is 0 Å². The molecule has 0 aromatic rings. The van der Waals surface area contributed by atoms with Gasteiger partial charge in [-0.2, -0.15) is 0 Å². The van der Waals surface area contributed by atoms with E-state index in [1.807, 2.05) is 0 Å². The van der Waals surface area contributed by atoms with Crippen LogP contribution in [0, 0.1) is 5.92 Å². The molecule has 0 aliphatic heterocycles. The van der Waals surface area contributed by atoms with Crippen LogP contribution in [0.2, 0.25) is 0 Å². The Balaban J connectivity index is 2.39. The SMILES string of the molecule is CCNC(C)C(C)=CC1CCCC1. The highest BCUT2D eigenvalue weighted by Gasteiger charge is 2.13. The van der Waals surface area contributed by atoms with Gasteiger partial charge in [0, 0.05) is 6.04 Å². The average Bonchev–Trinajstić information content (AvgIpc) is 2.57. The van der Waals surface area contributed by atoms with Crippen molar-refractivity contribution >= 4 is 0 Å². The lowest BCUT2D eigenvalue weighted by molar-refractivity contribution is 0.612. The molecule has 1 saturated carbocycles. The van der Waals surface area contributed by atoms with Crippen molar-refractivity contribution in [2.24, 2.45) is 5.92 Å². The molecule has 1 rings (SSSR count). The van der Waals surface area contributed by atoms with E-state index in [1.165, 1.54) is 31.3 Å². The Morgan fingerprint density at radius 3 is 2.62 bits per heavy atom. The molecule has 0 amide bonds. The third-order valence-corrected chi connectivity index (χ3v) is 3.09. The molecule has 1 aliphatic rings. The first kappa shape index (κ1) is 10.8. The lowest BCUT2D eigenvalue weighted by atomic mass is 10.0. The van der Waals surface area contributed by atoms with Crippen molar-refractivity contribution in [1.82, 2.24) is 5.32 Å². The molecule has 0 aromatic heterocycles. The van der Waals surface area contributed by atoms with Crippen LogP contribution in [0.15, 0.2) is 11.6 Å². The Hall–Kier alpha value is -0.300. The standard InChI is InChI=1S/C12H23N/c1-4-13-11(3)10(2)9-12-7-5-6-8-12/h9,11-13H,4-8H2,1-3H3. The maximum Gasteiger partial charge on any atom is 0.0248 e. The van der Waals surface area contributed by atoms with Gasteiger partial charge in [0.2, 0.25) is 0 Å². The van der Waals surface area contributed by atoms with Crippen molar-refractivity contribution < 1.29 is 0 Å². The Morgan fingerprint density at radius 2 is 2.08 bits per heavy atom. The maximum absolute atomic E-state index is 3.45. The second-order valence-electron chi connectivity index (χ2n) is 4.23. The van der Waals surface area contributed by atoms with Gasteiger partial charge in [0.15, 0.2) is 0 Å². The van der Waals surface area contributed by atoms with E-state index in [0.717, 1.165) is 12.5 Å². The van der Waals surface area contributed by atoms with Gasteiger partial charge < -0.3 is 5.32 Å². The largest absolute Gasteiger partial charge is 0.311 e. The van der Waals surface area contributed by atoms with Crippen molar-refractivity contribution in [2.75, 3.05) is 6.54 Å². The summed E-state index contributed by atoms with van der Waals surface area (Å²) in [6, 6.07) is 0.561. The summed E-state index contributed by atoms with van der Waals surface area (Å²) in [6.07, 6.45) is 8.18.